The second kappa shape index (κ2) is 42.3. The molecule has 4 N–H and O–H groups in total. The van der Waals surface area contributed by atoms with Crippen molar-refractivity contribution in [3.63, 3.8) is 0 Å². The van der Waals surface area contributed by atoms with E-state index in [1.54, 1.807) is 0 Å². The number of nitrogens with zero attached hydrogens (tertiary/aromatic N) is 4. The number of benzene rings is 6. The Bertz CT molecular complexity index is 4020. The molecule has 4 unspecified atom stereocenters. The zero-order valence-electron chi connectivity index (χ0n) is 71.9. The molecule has 113 heavy (non-hydrogen) atoms. The summed E-state index contributed by atoms with van der Waals surface area (Å²) in [5, 5.41) is 40.9. The summed E-state index contributed by atoms with van der Waals surface area (Å²) in [4.78, 5) is 21.1. The van der Waals surface area contributed by atoms with Crippen LogP contribution in [-0.4, -0.2) is 117 Å². The molecule has 0 spiro atoms. The number of hydrogen-bond acceptors (Lipinski definition) is 16. The fourth-order valence-electron chi connectivity index (χ4n) is 14.4. The highest BCUT2D eigenvalue weighted by Gasteiger charge is 2.55. The van der Waals surface area contributed by atoms with Crippen LogP contribution in [0.2, 0.25) is 0 Å². The maximum Gasteiger partial charge on any atom is 0.497 e. The number of aromatic nitrogens is 4. The summed E-state index contributed by atoms with van der Waals surface area (Å²) in [6, 6.07) is 38.8. The van der Waals surface area contributed by atoms with Gasteiger partial charge in [-0.15, -0.1) is 24.0 Å². The van der Waals surface area contributed by atoms with Crippen molar-refractivity contribution in [3.8, 4) is 68.0 Å². The van der Waals surface area contributed by atoms with Gasteiger partial charge < -0.3 is 57.7 Å². The van der Waals surface area contributed by atoms with Gasteiger partial charge in [0.25, 0.3) is 0 Å². The van der Waals surface area contributed by atoms with Crippen LogP contribution in [0.3, 0.4) is 0 Å². The second-order valence-electron chi connectivity index (χ2n) is 36.0. The van der Waals surface area contributed by atoms with Crippen molar-refractivity contribution in [2.24, 2.45) is 47.3 Å². The zero-order valence-corrected chi connectivity index (χ0v) is 74.2. The van der Waals surface area contributed by atoms with Crippen LogP contribution >= 0.6 is 24.0 Å². The van der Waals surface area contributed by atoms with E-state index in [0.29, 0.717) is 84.0 Å². The van der Waals surface area contributed by atoms with E-state index in [1.165, 1.54) is 89.2 Å². The van der Waals surface area contributed by atoms with Crippen LogP contribution in [-0.2, 0) is 18.6 Å². The predicted octanol–water partition coefficient (Wildman–Crippen LogP) is 19.7. The van der Waals surface area contributed by atoms with Crippen molar-refractivity contribution in [3.05, 3.63) is 121 Å². The summed E-state index contributed by atoms with van der Waals surface area (Å²) in [5.74, 6) is 8.26. The Morgan fingerprint density at radius 1 is 0.327 bits per heavy atom. The molecule has 2 aliphatic rings. The number of ether oxygens (including phenoxy) is 4. The number of rotatable bonds is 40. The number of fused-ring (bicyclic) bond motifs is 2. The molecule has 10 rings (SSSR count). The van der Waals surface area contributed by atoms with Crippen LogP contribution < -0.4 is 40.8 Å². The van der Waals surface area contributed by atoms with Gasteiger partial charge in [-0.25, -0.2) is 19.9 Å². The smallest absolute Gasteiger partial charge is 0.494 e. The summed E-state index contributed by atoms with van der Waals surface area (Å²) < 4.78 is 52.1. The Hall–Kier alpha value is -6.13. The van der Waals surface area contributed by atoms with Crippen LogP contribution in [0, 0.1) is 47.3 Å². The zero-order chi connectivity index (χ0) is 81.2. The van der Waals surface area contributed by atoms with E-state index in [1.807, 2.05) is 84.9 Å². The molecule has 614 valence electrons. The van der Waals surface area contributed by atoms with E-state index < -0.39 is 50.9 Å². The van der Waals surface area contributed by atoms with Crippen LogP contribution in [0.4, 0.5) is 0 Å². The van der Waals surface area contributed by atoms with Crippen LogP contribution in [0.15, 0.2) is 121 Å². The Kier molecular flexibility index (Phi) is 34.6. The van der Waals surface area contributed by atoms with Gasteiger partial charge in [0.15, 0.2) is 0 Å². The van der Waals surface area contributed by atoms with Gasteiger partial charge in [0.1, 0.15) is 23.0 Å². The Balaban J connectivity index is 0.000000317. The molecule has 8 aromatic rings. The van der Waals surface area contributed by atoms with Gasteiger partial charge in [-0.05, 0) is 177 Å². The molecule has 4 heterocycles. The molecule has 0 bridgehead atoms. The lowest BCUT2D eigenvalue weighted by Gasteiger charge is -2.32. The lowest BCUT2D eigenvalue weighted by atomic mass is 9.72. The van der Waals surface area contributed by atoms with Crippen molar-refractivity contribution in [2.45, 2.75) is 264 Å². The molecule has 2 aliphatic heterocycles. The molecule has 2 fully saturated rings. The second-order valence-corrected chi connectivity index (χ2v) is 36.0. The molecule has 0 radical (unpaired) electrons. The quantitative estimate of drug-likeness (QED) is 0.0208. The average molecular weight is 1660 g/mol. The van der Waals surface area contributed by atoms with Gasteiger partial charge in [-0.3, -0.25) is 0 Å². The Morgan fingerprint density at radius 2 is 0.558 bits per heavy atom. The largest absolute Gasteiger partial charge is 0.497 e. The minimum Gasteiger partial charge on any atom is -0.494 e. The van der Waals surface area contributed by atoms with Gasteiger partial charge >= 0.3 is 28.5 Å². The van der Waals surface area contributed by atoms with Gasteiger partial charge in [0.05, 0.1) is 93.7 Å². The first-order valence-electron chi connectivity index (χ1n) is 42.1. The molecule has 0 amide bonds. The Morgan fingerprint density at radius 3 is 0.779 bits per heavy atom. The predicted molar refractivity (Wildman–Crippen MR) is 481 cm³/mol. The fraction of sp³-hybridized carbons (Fsp3) is 0.565. The topological polar surface area (TPSA) is 206 Å². The number of hydrogen-bond donors (Lipinski definition) is 4. The molecular weight excluding hydrogens is 1520 g/mol. The van der Waals surface area contributed by atoms with Gasteiger partial charge in [-0.2, -0.15) is 0 Å². The monoisotopic (exact) mass is 1660 g/mol. The van der Waals surface area contributed by atoms with Crippen molar-refractivity contribution in [1.29, 1.82) is 0 Å². The van der Waals surface area contributed by atoms with E-state index in [0.717, 1.165) is 105 Å². The lowest BCUT2D eigenvalue weighted by molar-refractivity contribution is 0.00578. The van der Waals surface area contributed by atoms with E-state index in [-0.39, 0.29) is 47.4 Å². The van der Waals surface area contributed by atoms with E-state index in [2.05, 4.69) is 163 Å². The summed E-state index contributed by atoms with van der Waals surface area (Å²) >= 11 is 0. The third-order valence-corrected chi connectivity index (χ3v) is 23.2. The average Bonchev–Trinajstić information content (AvgIpc) is 1.49. The molecule has 16 nitrogen and oxygen atoms in total. The minimum absolute atomic E-state index is 0. The minimum atomic E-state index is -1.84. The third kappa shape index (κ3) is 25.9. The lowest BCUT2D eigenvalue weighted by Crippen LogP contribution is -2.41. The maximum absolute atomic E-state index is 10.2. The number of halogens is 1. The van der Waals surface area contributed by atoms with E-state index >= 15 is 0 Å². The summed E-state index contributed by atoms with van der Waals surface area (Å²) in [6.07, 6.45) is 18.7. The molecule has 21 heteroatoms. The first kappa shape index (κ1) is 92.4. The van der Waals surface area contributed by atoms with Gasteiger partial charge in [0.2, 0.25) is 0 Å². The maximum atomic E-state index is 10.2. The Labute approximate surface area is 697 Å². The van der Waals surface area contributed by atoms with E-state index in [4.69, 9.17) is 57.5 Å². The standard InChI is InChI=1S/C52H76B2N2O6.C40H56B2N2O6.HI.H2/c1-35(2)19-15-21-37(5)29-31-57-41-25-17-23-39(33-41)45-46(40-24-18-26-42(34-40)58-32-30-38(6)22-16-20-36(3)4)56-48-44(54-61-51(11,12)52(13,14)62-54)28-27-43(47(48)55-45)53-59-49(7,8)50(9,10)60-53;1-27(2)11-7-13-29(5)21-23-49-33-17-9-15-31(25-33)37-38(44-40-36(42(47)48)20-19-35(41(45)46)39(40)43-37)32-16-10-18-34(26-32)50-24-22-30(6)14-8-12-28(3)4;;/h17-18,23-28,33-38H,15-16,19-22,29-32H2,1-14H3;9-10,15-20,25-30,45-48H,7-8,11-14,21-24H2,1-6H3;2*1H. The van der Waals surface area contributed by atoms with Crippen LogP contribution in [0.25, 0.3) is 67.1 Å². The third-order valence-electron chi connectivity index (χ3n) is 23.2. The highest BCUT2D eigenvalue weighted by molar-refractivity contribution is 14.0. The summed E-state index contributed by atoms with van der Waals surface area (Å²) in [5.41, 5.74) is 7.04. The van der Waals surface area contributed by atoms with Crippen molar-refractivity contribution in [2.75, 3.05) is 26.4 Å². The molecular formula is C92H135B4IN4O12. The molecule has 6 aromatic carbocycles. The van der Waals surface area contributed by atoms with Crippen molar-refractivity contribution < 1.29 is 59.1 Å². The SMILES string of the molecule is CC(C)CCCC(C)CCOc1cccc(-c2nc3c(B(O)O)ccc(B(O)O)c3nc2-c2cccc(OCCC(C)CCCC(C)C)c2)c1.CC(C)CCCC(C)CCOc1cccc(-c2nc3c(B4OC(C)(C)C(C)(C)O4)ccc(B4OC(C)(C)C(C)(C)O4)c3nc2-c2cccc(OCCC(C)CCCC(C)C)c2)c1.I.[HH]. The van der Waals surface area contributed by atoms with Crippen LogP contribution in [0.5, 0.6) is 23.0 Å². The fourth-order valence-corrected chi connectivity index (χ4v) is 14.4. The first-order chi connectivity index (χ1) is 53.1. The highest BCUT2D eigenvalue weighted by atomic mass is 127. The molecule has 4 atom stereocenters. The van der Waals surface area contributed by atoms with Gasteiger partial charge in [-0.1, -0.05) is 233 Å². The van der Waals surface area contributed by atoms with E-state index in [9.17, 15) is 20.1 Å². The highest BCUT2D eigenvalue weighted by Crippen LogP contribution is 2.42. The summed E-state index contributed by atoms with van der Waals surface area (Å²) in [7, 11) is -5.00. The van der Waals surface area contributed by atoms with Gasteiger partial charge in [0, 0.05) is 45.5 Å². The molecule has 2 saturated heterocycles. The normalized spacial score (nSPS) is 16.0. The van der Waals surface area contributed by atoms with Crippen LogP contribution in [0.1, 0.15) is 243 Å². The van der Waals surface area contributed by atoms with Crippen molar-refractivity contribution >= 4 is 96.4 Å². The molecule has 0 aliphatic carbocycles. The first-order valence-corrected chi connectivity index (χ1v) is 42.1. The molecule has 0 saturated carbocycles. The summed E-state index contributed by atoms with van der Waals surface area (Å²) in [6.45, 7) is 46.5. The molecule has 2 aromatic heterocycles. The van der Waals surface area contributed by atoms with Crippen molar-refractivity contribution in [1.82, 2.24) is 19.9 Å².